The number of nitrogens with zero attached hydrogens (tertiary/aromatic N) is 4. The van der Waals surface area contributed by atoms with Gasteiger partial charge in [-0.05, 0) is 75.5 Å². The summed E-state index contributed by atoms with van der Waals surface area (Å²) in [5.74, 6) is 2.60. The van der Waals surface area contributed by atoms with E-state index in [1.54, 1.807) is 18.1 Å². The first kappa shape index (κ1) is 27.1. The van der Waals surface area contributed by atoms with Crippen LogP contribution in [0.15, 0.2) is 72.0 Å². The predicted molar refractivity (Wildman–Crippen MR) is 162 cm³/mol. The van der Waals surface area contributed by atoms with Gasteiger partial charge in [-0.2, -0.15) is 11.8 Å². The van der Waals surface area contributed by atoms with Gasteiger partial charge in [0.2, 0.25) is 11.9 Å². The fourth-order valence-electron chi connectivity index (χ4n) is 3.52. The molecule has 0 atom stereocenters. The van der Waals surface area contributed by atoms with E-state index in [2.05, 4.69) is 41.2 Å². The maximum Gasteiger partial charge on any atom is 0.229 e. The minimum absolute atomic E-state index is 0.407. The molecule has 196 valence electrons. The Balaban J connectivity index is 1.35. The van der Waals surface area contributed by atoms with E-state index in [9.17, 15) is 0 Å². The van der Waals surface area contributed by atoms with E-state index in [4.69, 9.17) is 17.2 Å². The van der Waals surface area contributed by atoms with E-state index in [1.807, 2.05) is 81.4 Å². The third-order valence-electron chi connectivity index (χ3n) is 5.33. The number of thioether (sulfide) groups is 1. The van der Waals surface area contributed by atoms with Gasteiger partial charge in [0.05, 0.1) is 18.6 Å². The Morgan fingerprint density at radius 2 is 1.61 bits per heavy atom. The van der Waals surface area contributed by atoms with Crippen molar-refractivity contribution >= 4 is 58.1 Å². The summed E-state index contributed by atoms with van der Waals surface area (Å²) in [5.41, 5.74) is 6.77. The molecule has 2 aromatic carbocycles. The molecular weight excluding hydrogens is 514 g/mol. The van der Waals surface area contributed by atoms with Crippen molar-refractivity contribution in [1.29, 1.82) is 0 Å². The van der Waals surface area contributed by atoms with Crippen LogP contribution in [0.5, 0.6) is 0 Å². The molecule has 0 aliphatic carbocycles. The molecule has 9 nitrogen and oxygen atoms in total. The summed E-state index contributed by atoms with van der Waals surface area (Å²) in [5, 5.41) is 13.3. The van der Waals surface area contributed by atoms with Crippen LogP contribution in [0, 0.1) is 20.8 Å². The summed E-state index contributed by atoms with van der Waals surface area (Å²) >= 11 is 7.34. The molecule has 38 heavy (non-hydrogen) atoms. The molecule has 0 amide bonds. The Kier molecular flexibility index (Phi) is 9.65. The number of benzene rings is 2. The first-order valence-corrected chi connectivity index (χ1v) is 13.7. The molecule has 5 N–H and O–H groups in total. The lowest BCUT2D eigenvalue weighted by Crippen LogP contribution is -2.39. The first-order valence-electron chi connectivity index (χ1n) is 12.1. The number of aromatic amines is 1. The van der Waals surface area contributed by atoms with Crippen molar-refractivity contribution in [2.45, 2.75) is 26.5 Å². The number of rotatable bonds is 9. The summed E-state index contributed by atoms with van der Waals surface area (Å²) in [6.07, 6.45) is 1.72. The van der Waals surface area contributed by atoms with Crippen molar-refractivity contribution in [2.24, 2.45) is 4.99 Å². The maximum atomic E-state index is 5.57. The van der Waals surface area contributed by atoms with Crippen molar-refractivity contribution < 1.29 is 0 Å². The molecule has 2 heterocycles. The molecule has 4 aromatic rings. The summed E-state index contributed by atoms with van der Waals surface area (Å²) in [6.45, 7) is 6.47. The second-order valence-corrected chi connectivity index (χ2v) is 10.0. The molecule has 11 heteroatoms. The van der Waals surface area contributed by atoms with Crippen LogP contribution in [-0.4, -0.2) is 43.3 Å². The fourth-order valence-corrected chi connectivity index (χ4v) is 4.58. The fraction of sp³-hybridized carbons (Fsp3) is 0.222. The van der Waals surface area contributed by atoms with Crippen molar-refractivity contribution in [3.05, 3.63) is 89.8 Å². The molecule has 0 radical (unpaired) electrons. The van der Waals surface area contributed by atoms with Gasteiger partial charge in [0.15, 0.2) is 5.11 Å². The zero-order chi connectivity index (χ0) is 26.7. The van der Waals surface area contributed by atoms with Crippen molar-refractivity contribution in [3.8, 4) is 0 Å². The number of guanidine groups is 1. The van der Waals surface area contributed by atoms with E-state index in [0.717, 1.165) is 51.3 Å². The van der Waals surface area contributed by atoms with E-state index in [1.165, 1.54) is 0 Å². The summed E-state index contributed by atoms with van der Waals surface area (Å²) in [7, 11) is 0. The monoisotopic (exact) mass is 545 g/mol. The van der Waals surface area contributed by atoms with E-state index in [0.29, 0.717) is 23.6 Å². The van der Waals surface area contributed by atoms with Crippen LogP contribution in [0.2, 0.25) is 0 Å². The first-order chi connectivity index (χ1) is 18.4. The Morgan fingerprint density at radius 3 is 2.29 bits per heavy atom. The lowest BCUT2D eigenvalue weighted by Gasteiger charge is -2.15. The number of anilines is 4. The average Bonchev–Trinajstić information content (AvgIpc) is 3.29. The quantitative estimate of drug-likeness (QED) is 0.0798. The average molecular weight is 546 g/mol. The molecule has 2 aromatic heterocycles. The lowest BCUT2D eigenvalue weighted by atomic mass is 10.2. The molecule has 0 aliphatic heterocycles. The Hall–Kier alpha value is -3.96. The van der Waals surface area contributed by atoms with Crippen molar-refractivity contribution in [3.63, 3.8) is 0 Å². The number of hydrogen-bond acceptors (Lipinski definition) is 7. The molecule has 0 unspecified atom stereocenters. The van der Waals surface area contributed by atoms with Gasteiger partial charge in [0, 0.05) is 45.6 Å². The van der Waals surface area contributed by atoms with Gasteiger partial charge < -0.3 is 20.9 Å². The Labute approximate surface area is 232 Å². The Morgan fingerprint density at radius 1 is 0.921 bits per heavy atom. The van der Waals surface area contributed by atoms with Crippen LogP contribution in [0.25, 0.3) is 0 Å². The molecular formula is C27H31N9S2. The highest BCUT2D eigenvalue weighted by Gasteiger charge is 2.08. The van der Waals surface area contributed by atoms with Gasteiger partial charge in [0.1, 0.15) is 0 Å². The van der Waals surface area contributed by atoms with Crippen LogP contribution in [-0.2, 0) is 5.75 Å². The molecule has 0 saturated heterocycles. The van der Waals surface area contributed by atoms with Crippen molar-refractivity contribution in [1.82, 2.24) is 25.3 Å². The van der Waals surface area contributed by atoms with Gasteiger partial charge in [-0.1, -0.05) is 18.2 Å². The maximum absolute atomic E-state index is 5.57. The zero-order valence-electron chi connectivity index (χ0n) is 21.6. The zero-order valence-corrected chi connectivity index (χ0v) is 23.2. The number of hydrogen-bond donors (Lipinski definition) is 5. The number of nitrogens with one attached hydrogen (secondary N) is 5. The second kappa shape index (κ2) is 13.5. The minimum Gasteiger partial charge on any atom is -0.356 e. The van der Waals surface area contributed by atoms with Gasteiger partial charge in [-0.15, -0.1) is 0 Å². The second-order valence-electron chi connectivity index (χ2n) is 8.50. The third kappa shape index (κ3) is 8.56. The number of aliphatic imine (C=N–C) groups is 1. The standard InChI is InChI=1S/C27H31N9S2/c1-18-15-19(2)32-26(31-18)35-25(28-13-14-38-16-24-20(3)29-17-30-24)36-27(37)34-23-11-9-22(10-12-23)33-21-7-5-4-6-8-21/h4-12,15,17,33H,13-14,16H2,1-3H3,(H,29,30)(H3,28,31,32,34,35,36,37). The van der Waals surface area contributed by atoms with Crippen LogP contribution < -0.4 is 21.3 Å². The van der Waals surface area contributed by atoms with Crippen LogP contribution in [0.4, 0.5) is 23.0 Å². The summed E-state index contributed by atoms with van der Waals surface area (Å²) in [6, 6.07) is 19.9. The molecule has 0 saturated carbocycles. The van der Waals surface area contributed by atoms with Gasteiger partial charge in [0.25, 0.3) is 0 Å². The van der Waals surface area contributed by atoms with Crippen molar-refractivity contribution in [2.75, 3.05) is 28.2 Å². The number of para-hydroxylation sites is 1. The van der Waals surface area contributed by atoms with E-state index < -0.39 is 0 Å². The van der Waals surface area contributed by atoms with E-state index >= 15 is 0 Å². The predicted octanol–water partition coefficient (Wildman–Crippen LogP) is 5.56. The molecule has 0 fully saturated rings. The molecule has 0 bridgehead atoms. The van der Waals surface area contributed by atoms with Gasteiger partial charge >= 0.3 is 0 Å². The van der Waals surface area contributed by atoms with Gasteiger partial charge in [-0.25, -0.2) is 15.0 Å². The third-order valence-corrected chi connectivity index (χ3v) is 6.48. The SMILES string of the molecule is Cc1cc(C)nc(NC(=NCCSCc2nc[nH]c2C)NC(=S)Nc2ccc(Nc3ccccc3)cc2)n1. The number of H-pyrrole nitrogens is 1. The highest BCUT2D eigenvalue weighted by molar-refractivity contribution is 7.98. The van der Waals surface area contributed by atoms with Gasteiger partial charge in [-0.3, -0.25) is 10.3 Å². The molecule has 0 aliphatic rings. The Bertz CT molecular complexity index is 1350. The summed E-state index contributed by atoms with van der Waals surface area (Å²) < 4.78 is 0. The van der Waals surface area contributed by atoms with Crippen LogP contribution in [0.1, 0.15) is 22.8 Å². The van der Waals surface area contributed by atoms with Crippen LogP contribution >= 0.6 is 24.0 Å². The largest absolute Gasteiger partial charge is 0.356 e. The topological polar surface area (TPSA) is 115 Å². The van der Waals surface area contributed by atoms with E-state index in [-0.39, 0.29) is 0 Å². The number of thiocarbonyl (C=S) groups is 1. The highest BCUT2D eigenvalue weighted by atomic mass is 32.2. The lowest BCUT2D eigenvalue weighted by molar-refractivity contribution is 1.05. The number of imidazole rings is 1. The highest BCUT2D eigenvalue weighted by Crippen LogP contribution is 2.18. The number of aryl methyl sites for hydroxylation is 3. The van der Waals surface area contributed by atoms with Crippen LogP contribution in [0.3, 0.4) is 0 Å². The number of aromatic nitrogens is 4. The molecule has 0 spiro atoms. The molecule has 4 rings (SSSR count). The summed E-state index contributed by atoms with van der Waals surface area (Å²) in [4.78, 5) is 21.1. The minimum atomic E-state index is 0.407. The normalized spacial score (nSPS) is 11.2. The smallest absolute Gasteiger partial charge is 0.229 e.